The Bertz CT molecular complexity index is 564. The second-order valence-electron chi connectivity index (χ2n) is 11.1. The number of carboxylic acid groups (broad SMARTS) is 1. The highest BCUT2D eigenvalue weighted by Gasteiger charge is 2.51. The molecule has 2 rings (SSSR count). The number of fused-ring (bicyclic) bond motifs is 1. The van der Waals surface area contributed by atoms with Gasteiger partial charge in [-0.05, 0) is 76.4 Å². The molecular weight excluding hydrogens is 358 g/mol. The summed E-state index contributed by atoms with van der Waals surface area (Å²) < 4.78 is 6.65. The standard InChI is InChI=1S/C21H39NO4Si/c1-20(2,3)22(19(24)25)15-9-10-16-14(11-15)12-18(17(16)13-23)26-27(7,8)21(4,5)6/h13-18H,9-12H2,1-8H3,(H,24,25)/t14-,15?,16+,17-,18-/m0/s1. The van der Waals surface area contributed by atoms with E-state index in [0.717, 1.165) is 32.0 Å². The molecule has 0 bridgehead atoms. The number of rotatable bonds is 4. The van der Waals surface area contributed by atoms with Gasteiger partial charge in [0.15, 0.2) is 8.32 Å². The van der Waals surface area contributed by atoms with E-state index in [9.17, 15) is 14.7 Å². The van der Waals surface area contributed by atoms with E-state index in [4.69, 9.17) is 4.43 Å². The molecule has 2 aliphatic rings. The van der Waals surface area contributed by atoms with Gasteiger partial charge in [0.25, 0.3) is 0 Å². The van der Waals surface area contributed by atoms with Crippen LogP contribution in [0.15, 0.2) is 0 Å². The number of hydrogen-bond acceptors (Lipinski definition) is 3. The number of aldehydes is 1. The highest BCUT2D eigenvalue weighted by Crippen LogP contribution is 2.50. The molecule has 0 spiro atoms. The number of nitrogens with zero attached hydrogens (tertiary/aromatic N) is 1. The number of carbonyl (C=O) groups excluding carboxylic acids is 1. The van der Waals surface area contributed by atoms with Crippen LogP contribution in [0.3, 0.4) is 0 Å². The molecule has 6 heteroatoms. The lowest BCUT2D eigenvalue weighted by Gasteiger charge is -2.44. The molecule has 27 heavy (non-hydrogen) atoms. The normalized spacial score (nSPS) is 32.1. The maximum Gasteiger partial charge on any atom is 0.407 e. The van der Waals surface area contributed by atoms with Crippen LogP contribution in [0, 0.1) is 17.8 Å². The Kier molecular flexibility index (Phi) is 6.23. The largest absolute Gasteiger partial charge is 0.465 e. The quantitative estimate of drug-likeness (QED) is 0.525. The fourth-order valence-corrected chi connectivity index (χ4v) is 6.23. The van der Waals surface area contributed by atoms with Gasteiger partial charge >= 0.3 is 6.09 Å². The van der Waals surface area contributed by atoms with E-state index >= 15 is 0 Å². The Morgan fingerprint density at radius 1 is 1.11 bits per heavy atom. The minimum Gasteiger partial charge on any atom is -0.465 e. The monoisotopic (exact) mass is 397 g/mol. The van der Waals surface area contributed by atoms with Gasteiger partial charge in [-0.15, -0.1) is 0 Å². The summed E-state index contributed by atoms with van der Waals surface area (Å²) >= 11 is 0. The highest BCUT2D eigenvalue weighted by atomic mass is 28.4. The zero-order valence-electron chi connectivity index (χ0n) is 18.4. The molecule has 0 aromatic carbocycles. The van der Waals surface area contributed by atoms with E-state index in [1.807, 2.05) is 20.8 Å². The van der Waals surface area contributed by atoms with Crippen molar-refractivity contribution < 1.29 is 19.1 Å². The lowest BCUT2D eigenvalue weighted by atomic mass is 9.75. The van der Waals surface area contributed by atoms with Crippen molar-refractivity contribution >= 4 is 20.7 Å². The summed E-state index contributed by atoms with van der Waals surface area (Å²) in [5, 5.41) is 9.86. The Morgan fingerprint density at radius 2 is 1.70 bits per heavy atom. The summed E-state index contributed by atoms with van der Waals surface area (Å²) in [5.74, 6) is 0.667. The van der Waals surface area contributed by atoms with Crippen molar-refractivity contribution in [1.82, 2.24) is 4.90 Å². The Balaban J connectivity index is 2.17. The molecule has 5 atom stereocenters. The molecule has 0 saturated heterocycles. The molecule has 0 heterocycles. The van der Waals surface area contributed by atoms with Crippen LogP contribution >= 0.6 is 0 Å². The van der Waals surface area contributed by atoms with Gasteiger partial charge in [0.05, 0.1) is 6.10 Å². The average molecular weight is 398 g/mol. The minimum absolute atomic E-state index is 0.00921. The summed E-state index contributed by atoms with van der Waals surface area (Å²) in [7, 11) is -1.94. The number of carbonyl (C=O) groups is 2. The van der Waals surface area contributed by atoms with Gasteiger partial charge in [0.2, 0.25) is 0 Å². The van der Waals surface area contributed by atoms with Crippen LogP contribution < -0.4 is 0 Å². The second-order valence-corrected chi connectivity index (χ2v) is 15.8. The second kappa shape index (κ2) is 7.51. The first-order valence-electron chi connectivity index (χ1n) is 10.3. The molecule has 1 unspecified atom stereocenters. The van der Waals surface area contributed by atoms with Crippen LogP contribution in [0.1, 0.15) is 67.2 Å². The van der Waals surface area contributed by atoms with Crippen molar-refractivity contribution in [3.8, 4) is 0 Å². The summed E-state index contributed by atoms with van der Waals surface area (Å²) in [6, 6.07) is 0.0303. The Morgan fingerprint density at radius 3 is 2.15 bits per heavy atom. The van der Waals surface area contributed by atoms with Crippen LogP contribution in [-0.2, 0) is 9.22 Å². The molecule has 156 valence electrons. The van der Waals surface area contributed by atoms with Crippen molar-refractivity contribution in [2.24, 2.45) is 17.8 Å². The summed E-state index contributed by atoms with van der Waals surface area (Å²) in [5.41, 5.74) is -0.414. The van der Waals surface area contributed by atoms with E-state index in [2.05, 4.69) is 33.9 Å². The van der Waals surface area contributed by atoms with Crippen LogP contribution in [0.25, 0.3) is 0 Å². The summed E-state index contributed by atoms with van der Waals surface area (Å²) in [6.45, 7) is 17.0. The third kappa shape index (κ3) is 4.58. The molecule has 2 saturated carbocycles. The smallest absolute Gasteiger partial charge is 0.407 e. The van der Waals surface area contributed by atoms with E-state index in [1.54, 1.807) is 4.90 Å². The molecule has 2 aliphatic carbocycles. The van der Waals surface area contributed by atoms with Crippen molar-refractivity contribution in [3.05, 3.63) is 0 Å². The fraction of sp³-hybridized carbons (Fsp3) is 0.905. The molecule has 0 aromatic heterocycles. The van der Waals surface area contributed by atoms with Gasteiger partial charge in [-0.25, -0.2) is 4.79 Å². The SMILES string of the molecule is CC(C)(C)N(C(=O)O)C1CC[C@@H]2[C@@H](C1)C[C@H](O[Si](C)(C)C(C)(C)C)[C@H]2C=O. The Hall–Kier alpha value is -0.883. The van der Waals surface area contributed by atoms with E-state index in [0.29, 0.717) is 11.8 Å². The lowest BCUT2D eigenvalue weighted by Crippen LogP contribution is -2.53. The fourth-order valence-electron chi connectivity index (χ4n) is 4.87. The first-order chi connectivity index (χ1) is 12.2. The summed E-state index contributed by atoms with van der Waals surface area (Å²) in [6.07, 6.45) is 3.74. The Labute approximate surface area is 166 Å². The number of hydrogen-bond donors (Lipinski definition) is 1. The zero-order valence-corrected chi connectivity index (χ0v) is 19.4. The first-order valence-corrected chi connectivity index (χ1v) is 13.2. The van der Waals surface area contributed by atoms with E-state index in [1.165, 1.54) is 0 Å². The van der Waals surface area contributed by atoms with Crippen molar-refractivity contribution in [1.29, 1.82) is 0 Å². The lowest BCUT2D eigenvalue weighted by molar-refractivity contribution is -0.115. The van der Waals surface area contributed by atoms with Crippen LogP contribution in [0.4, 0.5) is 4.79 Å². The van der Waals surface area contributed by atoms with Crippen molar-refractivity contribution in [2.75, 3.05) is 0 Å². The van der Waals surface area contributed by atoms with Crippen LogP contribution in [0.5, 0.6) is 0 Å². The first kappa shape index (κ1) is 22.4. The molecule has 5 nitrogen and oxygen atoms in total. The van der Waals surface area contributed by atoms with Gasteiger partial charge in [0.1, 0.15) is 6.29 Å². The van der Waals surface area contributed by atoms with Gasteiger partial charge in [-0.3, -0.25) is 0 Å². The molecule has 0 aliphatic heterocycles. The molecule has 1 N–H and O–H groups in total. The van der Waals surface area contributed by atoms with E-state index in [-0.39, 0.29) is 23.1 Å². The van der Waals surface area contributed by atoms with Crippen LogP contribution in [0.2, 0.25) is 18.1 Å². The topological polar surface area (TPSA) is 66.8 Å². The summed E-state index contributed by atoms with van der Waals surface area (Å²) in [4.78, 5) is 25.4. The van der Waals surface area contributed by atoms with Gasteiger partial charge in [0, 0.05) is 17.5 Å². The molecule has 0 aromatic rings. The van der Waals surface area contributed by atoms with Gasteiger partial charge < -0.3 is 19.2 Å². The maximum atomic E-state index is 11.9. The third-order valence-corrected chi connectivity index (χ3v) is 11.7. The predicted octanol–water partition coefficient (Wildman–Crippen LogP) is 5.16. The predicted molar refractivity (Wildman–Crippen MR) is 110 cm³/mol. The van der Waals surface area contributed by atoms with Crippen molar-refractivity contribution in [3.63, 3.8) is 0 Å². The van der Waals surface area contributed by atoms with Gasteiger partial charge in [-0.2, -0.15) is 0 Å². The molecular formula is C21H39NO4Si. The molecule has 2 fully saturated rings. The molecule has 1 amide bonds. The third-order valence-electron chi connectivity index (χ3n) is 7.18. The van der Waals surface area contributed by atoms with Gasteiger partial charge in [-0.1, -0.05) is 20.8 Å². The molecule has 0 radical (unpaired) electrons. The zero-order chi connectivity index (χ0) is 20.8. The average Bonchev–Trinajstić information content (AvgIpc) is 2.79. The van der Waals surface area contributed by atoms with Crippen molar-refractivity contribution in [2.45, 2.75) is 103 Å². The highest BCUT2D eigenvalue weighted by molar-refractivity contribution is 6.74. The van der Waals surface area contributed by atoms with E-state index < -0.39 is 19.9 Å². The van der Waals surface area contributed by atoms with Crippen LogP contribution in [-0.4, -0.2) is 48.4 Å². The number of amides is 1. The minimum atomic E-state index is -1.94. The maximum absolute atomic E-state index is 11.9.